The summed E-state index contributed by atoms with van der Waals surface area (Å²) in [6.45, 7) is 2.41. The van der Waals surface area contributed by atoms with Gasteiger partial charge in [-0.1, -0.05) is 18.2 Å². The first kappa shape index (κ1) is 20.2. The number of nitrogens with one attached hydrogen (secondary N) is 2. The molecule has 2 N–H and O–H groups in total. The van der Waals surface area contributed by atoms with Crippen LogP contribution in [0.15, 0.2) is 77.7 Å². The van der Waals surface area contributed by atoms with E-state index in [-0.39, 0.29) is 16.3 Å². The zero-order chi connectivity index (χ0) is 20.9. The molecule has 3 aromatic carbocycles. The number of nitrogens with zero attached hydrogens (tertiary/aromatic N) is 1. The fourth-order valence-corrected chi connectivity index (χ4v) is 3.69. The number of anilines is 3. The molecule has 0 spiro atoms. The molecule has 0 amide bonds. The zero-order valence-electron chi connectivity index (χ0n) is 15.5. The van der Waals surface area contributed by atoms with Gasteiger partial charge in [0.15, 0.2) is 0 Å². The lowest BCUT2D eigenvalue weighted by Crippen LogP contribution is -2.13. The Morgan fingerprint density at radius 1 is 0.966 bits per heavy atom. The highest BCUT2D eigenvalue weighted by Gasteiger charge is 2.21. The highest BCUT2D eigenvalue weighted by atomic mass is 32.2. The summed E-state index contributed by atoms with van der Waals surface area (Å²) in [6.07, 6.45) is 0. The minimum atomic E-state index is -3.97. The first-order valence-electron chi connectivity index (χ1n) is 8.75. The van der Waals surface area contributed by atoms with E-state index in [1.165, 1.54) is 12.1 Å². The maximum atomic E-state index is 12.6. The second-order valence-electron chi connectivity index (χ2n) is 5.99. The van der Waals surface area contributed by atoms with Crippen LogP contribution < -0.4 is 14.8 Å². The number of hydrogen-bond acceptors (Lipinski definition) is 6. The molecule has 0 fully saturated rings. The van der Waals surface area contributed by atoms with E-state index in [9.17, 15) is 18.5 Å². The largest absolute Gasteiger partial charge is 0.494 e. The lowest BCUT2D eigenvalue weighted by Gasteiger charge is -2.11. The molecule has 0 heterocycles. The molecule has 0 unspecified atom stereocenters. The molecule has 3 rings (SSSR count). The highest BCUT2D eigenvalue weighted by Crippen LogP contribution is 2.31. The van der Waals surface area contributed by atoms with Crippen LogP contribution in [0.2, 0.25) is 0 Å². The Morgan fingerprint density at radius 2 is 1.66 bits per heavy atom. The first-order chi connectivity index (χ1) is 13.9. The number of rotatable bonds is 8. The van der Waals surface area contributed by atoms with Crippen molar-refractivity contribution in [2.45, 2.75) is 11.8 Å². The maximum Gasteiger partial charge on any atom is 0.294 e. The second-order valence-corrected chi connectivity index (χ2v) is 7.67. The number of sulfonamides is 1. The molecule has 8 nitrogen and oxygen atoms in total. The minimum Gasteiger partial charge on any atom is -0.494 e. The summed E-state index contributed by atoms with van der Waals surface area (Å²) < 4.78 is 32.9. The van der Waals surface area contributed by atoms with E-state index in [1.807, 2.05) is 6.92 Å². The van der Waals surface area contributed by atoms with Gasteiger partial charge >= 0.3 is 0 Å². The lowest BCUT2D eigenvalue weighted by atomic mass is 10.2. The number of para-hydroxylation sites is 1. The van der Waals surface area contributed by atoms with E-state index in [4.69, 9.17) is 4.74 Å². The third kappa shape index (κ3) is 5.02. The van der Waals surface area contributed by atoms with Crippen LogP contribution in [0.25, 0.3) is 0 Å². The van der Waals surface area contributed by atoms with Crippen molar-refractivity contribution in [1.29, 1.82) is 0 Å². The predicted molar refractivity (Wildman–Crippen MR) is 111 cm³/mol. The molecular weight excluding hydrogens is 394 g/mol. The van der Waals surface area contributed by atoms with Gasteiger partial charge in [-0.2, -0.15) is 0 Å². The Hall–Kier alpha value is -3.59. The quantitative estimate of drug-likeness (QED) is 0.414. The Kier molecular flexibility index (Phi) is 5.99. The summed E-state index contributed by atoms with van der Waals surface area (Å²) in [5, 5.41) is 14.5. The number of hydrogen-bond donors (Lipinski definition) is 2. The first-order valence-corrected chi connectivity index (χ1v) is 10.2. The molecule has 0 aliphatic carbocycles. The van der Waals surface area contributed by atoms with E-state index < -0.39 is 14.9 Å². The number of nitro groups is 1. The standard InChI is InChI=1S/C20H19N3O5S/c1-2-28-17-10-8-15(9-11-17)21-19-13-12-18(14-20(19)23(24)25)29(26,27)22-16-6-4-3-5-7-16/h3-14,21-22H,2H2,1H3. The van der Waals surface area contributed by atoms with Gasteiger partial charge in [0.2, 0.25) is 0 Å². The third-order valence-electron chi connectivity index (χ3n) is 3.95. The molecular formula is C20H19N3O5S. The number of ether oxygens (including phenoxy) is 1. The van der Waals surface area contributed by atoms with Crippen molar-refractivity contribution in [3.05, 3.63) is 82.9 Å². The summed E-state index contributed by atoms with van der Waals surface area (Å²) in [7, 11) is -3.97. The van der Waals surface area contributed by atoms with E-state index in [0.717, 1.165) is 6.07 Å². The Balaban J connectivity index is 1.88. The van der Waals surface area contributed by atoms with Crippen LogP contribution in [0.4, 0.5) is 22.7 Å². The average Bonchev–Trinajstić information content (AvgIpc) is 2.70. The van der Waals surface area contributed by atoms with Gasteiger partial charge in [0.1, 0.15) is 11.4 Å². The topological polar surface area (TPSA) is 111 Å². The molecule has 0 saturated carbocycles. The summed E-state index contributed by atoms with van der Waals surface area (Å²) in [5.41, 5.74) is 0.800. The van der Waals surface area contributed by atoms with Crippen molar-refractivity contribution in [2.24, 2.45) is 0 Å². The Morgan fingerprint density at radius 3 is 2.28 bits per heavy atom. The minimum absolute atomic E-state index is 0.179. The van der Waals surface area contributed by atoms with Crippen molar-refractivity contribution >= 4 is 32.8 Å². The summed E-state index contributed by atoms with van der Waals surface area (Å²) in [6, 6.07) is 18.9. The lowest BCUT2D eigenvalue weighted by molar-refractivity contribution is -0.384. The zero-order valence-corrected chi connectivity index (χ0v) is 16.3. The van der Waals surface area contributed by atoms with Crippen molar-refractivity contribution in [3.63, 3.8) is 0 Å². The van der Waals surface area contributed by atoms with Crippen LogP contribution >= 0.6 is 0 Å². The SMILES string of the molecule is CCOc1ccc(Nc2ccc(S(=O)(=O)Nc3ccccc3)cc2[N+](=O)[O-])cc1. The monoisotopic (exact) mass is 413 g/mol. The van der Waals surface area contributed by atoms with Crippen LogP contribution in [0.3, 0.4) is 0 Å². The fraction of sp³-hybridized carbons (Fsp3) is 0.100. The smallest absolute Gasteiger partial charge is 0.294 e. The van der Waals surface area contributed by atoms with Crippen molar-refractivity contribution < 1.29 is 18.1 Å². The fourth-order valence-electron chi connectivity index (χ4n) is 2.61. The summed E-state index contributed by atoms with van der Waals surface area (Å²) in [4.78, 5) is 10.7. The molecule has 0 saturated heterocycles. The molecule has 150 valence electrons. The van der Waals surface area contributed by atoms with Gasteiger partial charge in [-0.3, -0.25) is 14.8 Å². The van der Waals surface area contributed by atoms with Gasteiger partial charge in [-0.15, -0.1) is 0 Å². The van der Waals surface area contributed by atoms with Gasteiger partial charge < -0.3 is 10.1 Å². The van der Waals surface area contributed by atoms with Crippen LogP contribution in [0.1, 0.15) is 6.92 Å². The molecule has 29 heavy (non-hydrogen) atoms. The summed E-state index contributed by atoms with van der Waals surface area (Å²) >= 11 is 0. The van der Waals surface area contributed by atoms with E-state index in [2.05, 4.69) is 10.0 Å². The van der Waals surface area contributed by atoms with Crippen molar-refractivity contribution in [1.82, 2.24) is 0 Å². The van der Waals surface area contributed by atoms with Gasteiger partial charge in [0, 0.05) is 17.4 Å². The van der Waals surface area contributed by atoms with Gasteiger partial charge in [0.05, 0.1) is 16.4 Å². The molecule has 9 heteroatoms. The molecule has 3 aromatic rings. The van der Waals surface area contributed by atoms with E-state index in [1.54, 1.807) is 54.6 Å². The number of benzene rings is 3. The van der Waals surface area contributed by atoms with Crippen molar-refractivity contribution in [2.75, 3.05) is 16.6 Å². The van der Waals surface area contributed by atoms with Crippen LogP contribution in [-0.4, -0.2) is 19.9 Å². The van der Waals surface area contributed by atoms with Gasteiger partial charge in [0.25, 0.3) is 15.7 Å². The predicted octanol–water partition coefficient (Wildman–Crippen LogP) is 4.54. The third-order valence-corrected chi connectivity index (χ3v) is 5.33. The maximum absolute atomic E-state index is 12.6. The highest BCUT2D eigenvalue weighted by molar-refractivity contribution is 7.92. The van der Waals surface area contributed by atoms with Crippen LogP contribution in [0, 0.1) is 10.1 Å². The van der Waals surface area contributed by atoms with E-state index in [0.29, 0.717) is 23.7 Å². The molecule has 0 aliphatic rings. The molecule has 0 atom stereocenters. The normalized spacial score (nSPS) is 10.9. The van der Waals surface area contributed by atoms with Crippen LogP contribution in [0.5, 0.6) is 5.75 Å². The molecule has 0 aromatic heterocycles. The van der Waals surface area contributed by atoms with Crippen LogP contribution in [-0.2, 0) is 10.0 Å². The molecule has 0 aliphatic heterocycles. The second kappa shape index (κ2) is 8.61. The van der Waals surface area contributed by atoms with Crippen molar-refractivity contribution in [3.8, 4) is 5.75 Å². The average molecular weight is 413 g/mol. The Labute approximate surface area is 168 Å². The molecule has 0 bridgehead atoms. The van der Waals surface area contributed by atoms with E-state index >= 15 is 0 Å². The van der Waals surface area contributed by atoms with Gasteiger partial charge in [-0.25, -0.2) is 8.42 Å². The van der Waals surface area contributed by atoms with Gasteiger partial charge in [-0.05, 0) is 55.5 Å². The Bertz CT molecular complexity index is 1100. The number of nitro benzene ring substituents is 1. The summed E-state index contributed by atoms with van der Waals surface area (Å²) in [5.74, 6) is 0.681. The molecule has 0 radical (unpaired) electrons.